The summed E-state index contributed by atoms with van der Waals surface area (Å²) >= 11 is 0. The van der Waals surface area contributed by atoms with E-state index < -0.39 is 47.2 Å². The maximum absolute atomic E-state index is 14.5. The fourth-order valence-corrected chi connectivity index (χ4v) is 7.55. The summed E-state index contributed by atoms with van der Waals surface area (Å²) in [6.45, 7) is 11.0. The number of esters is 3. The molecule has 3 aliphatic carbocycles. The van der Waals surface area contributed by atoms with Gasteiger partial charge in [0.15, 0.2) is 5.60 Å². The number of hydrogen-bond donors (Lipinski definition) is 0. The van der Waals surface area contributed by atoms with E-state index >= 15 is 0 Å². The van der Waals surface area contributed by atoms with Crippen molar-refractivity contribution in [3.8, 4) is 0 Å². The van der Waals surface area contributed by atoms with Crippen LogP contribution in [-0.4, -0.2) is 53.7 Å². The third-order valence-corrected chi connectivity index (χ3v) is 9.71. The van der Waals surface area contributed by atoms with Crippen LogP contribution in [0.1, 0.15) is 66.4 Å². The molecule has 1 spiro atoms. The molecule has 1 saturated heterocycles. The van der Waals surface area contributed by atoms with Gasteiger partial charge >= 0.3 is 17.9 Å². The number of rotatable bonds is 5. The number of ether oxygens (including phenoxy) is 4. The Morgan fingerprint density at radius 3 is 2.33 bits per heavy atom. The van der Waals surface area contributed by atoms with Gasteiger partial charge in [0.05, 0.1) is 18.9 Å². The number of fused-ring (bicyclic) bond motifs is 2. The van der Waals surface area contributed by atoms with Crippen molar-refractivity contribution < 1.29 is 38.1 Å². The topological polar surface area (TPSA) is 108 Å². The van der Waals surface area contributed by atoms with E-state index in [2.05, 4.69) is 13.8 Å². The minimum absolute atomic E-state index is 0.0141. The predicted octanol–water partition coefficient (Wildman–Crippen LogP) is 4.38. The standard InChI is InChI=1S/C32H40O8/c1-18-14-24-23(30(24,5)6)12-13-31(17-37-31)29(38-20(3)33)26-27(39-25(35)15-22-10-8-7-9-11-22)19(2)16-32(26,28(18)36)40-21(4)34/h7-11,14,19,23-24,26-27,29H,12-13,15-17H2,1-6H3/b18-14+/t19-,23-,24+,26+,27-,29-,31-,32+/m0/s1. The summed E-state index contributed by atoms with van der Waals surface area (Å²) in [4.78, 5) is 52.9. The molecular weight excluding hydrogens is 512 g/mol. The number of carbonyl (C=O) groups excluding carboxylic acids is 4. The van der Waals surface area contributed by atoms with Gasteiger partial charge in [-0.2, -0.15) is 0 Å². The minimum atomic E-state index is -1.68. The lowest BCUT2D eigenvalue weighted by molar-refractivity contribution is -0.190. The van der Waals surface area contributed by atoms with Crippen LogP contribution in [0.25, 0.3) is 0 Å². The van der Waals surface area contributed by atoms with Crippen molar-refractivity contribution in [2.45, 2.75) is 90.6 Å². The quantitative estimate of drug-likeness (QED) is 0.301. The summed E-state index contributed by atoms with van der Waals surface area (Å²) < 4.78 is 24.2. The summed E-state index contributed by atoms with van der Waals surface area (Å²) in [7, 11) is 0. The highest BCUT2D eigenvalue weighted by Gasteiger charge is 2.71. The first-order chi connectivity index (χ1) is 18.8. The first kappa shape index (κ1) is 28.5. The van der Waals surface area contributed by atoms with Crippen LogP contribution in [0.2, 0.25) is 0 Å². The van der Waals surface area contributed by atoms with E-state index in [1.165, 1.54) is 13.8 Å². The molecule has 40 heavy (non-hydrogen) atoms. The molecular formula is C32H40O8. The lowest BCUT2D eigenvalue weighted by atomic mass is 9.74. The molecule has 8 heteroatoms. The first-order valence-corrected chi connectivity index (χ1v) is 14.3. The van der Waals surface area contributed by atoms with Gasteiger partial charge in [-0.25, -0.2) is 0 Å². The largest absolute Gasteiger partial charge is 0.461 e. The summed E-state index contributed by atoms with van der Waals surface area (Å²) in [5.74, 6) is -2.72. The van der Waals surface area contributed by atoms with Crippen LogP contribution in [0.3, 0.4) is 0 Å². The number of Topliss-reactive ketones (excluding diaryl/α,β-unsaturated/α-hetero) is 1. The Balaban J connectivity index is 1.61. The number of epoxide rings is 1. The second-order valence-corrected chi connectivity index (χ2v) is 12.9. The van der Waals surface area contributed by atoms with Crippen LogP contribution in [-0.2, 0) is 44.5 Å². The fourth-order valence-electron chi connectivity index (χ4n) is 7.55. The Kier molecular flexibility index (Phi) is 7.22. The highest BCUT2D eigenvalue weighted by Crippen LogP contribution is 2.64. The smallest absolute Gasteiger partial charge is 0.310 e. The Morgan fingerprint density at radius 2 is 1.73 bits per heavy atom. The molecule has 0 amide bonds. The van der Waals surface area contributed by atoms with Crippen LogP contribution >= 0.6 is 0 Å². The molecule has 1 heterocycles. The van der Waals surface area contributed by atoms with Gasteiger partial charge in [0.2, 0.25) is 5.78 Å². The van der Waals surface area contributed by atoms with Gasteiger partial charge in [-0.05, 0) is 54.1 Å². The maximum Gasteiger partial charge on any atom is 0.310 e. The number of hydrogen-bond acceptors (Lipinski definition) is 8. The van der Waals surface area contributed by atoms with Crippen LogP contribution in [0, 0.1) is 29.1 Å². The van der Waals surface area contributed by atoms with Crippen LogP contribution in [0.15, 0.2) is 42.0 Å². The van der Waals surface area contributed by atoms with E-state index in [0.29, 0.717) is 24.5 Å². The average Bonchev–Trinajstić information content (AvgIpc) is 3.73. The lowest BCUT2D eigenvalue weighted by Gasteiger charge is -2.41. The van der Waals surface area contributed by atoms with Crippen molar-refractivity contribution >= 4 is 23.7 Å². The van der Waals surface area contributed by atoms with Gasteiger partial charge in [0, 0.05) is 20.3 Å². The number of benzene rings is 1. The van der Waals surface area contributed by atoms with Crippen molar-refractivity contribution in [1.82, 2.24) is 0 Å². The molecule has 4 aliphatic rings. The molecule has 0 aromatic heterocycles. The molecule has 1 aromatic carbocycles. The van der Waals surface area contributed by atoms with Crippen molar-refractivity contribution in [3.05, 3.63) is 47.5 Å². The van der Waals surface area contributed by atoms with Gasteiger partial charge in [0.1, 0.15) is 17.8 Å². The van der Waals surface area contributed by atoms with E-state index in [-0.39, 0.29) is 35.9 Å². The number of allylic oxidation sites excluding steroid dienone is 1. The molecule has 0 bridgehead atoms. The van der Waals surface area contributed by atoms with Gasteiger partial charge in [-0.1, -0.05) is 57.2 Å². The Morgan fingerprint density at radius 1 is 1.05 bits per heavy atom. The summed E-state index contributed by atoms with van der Waals surface area (Å²) in [5, 5.41) is 0. The predicted molar refractivity (Wildman–Crippen MR) is 145 cm³/mol. The third-order valence-electron chi connectivity index (χ3n) is 9.71. The van der Waals surface area contributed by atoms with Crippen molar-refractivity contribution in [3.63, 3.8) is 0 Å². The van der Waals surface area contributed by atoms with Gasteiger partial charge in [-0.15, -0.1) is 0 Å². The molecule has 216 valence electrons. The third kappa shape index (κ3) is 5.00. The van der Waals surface area contributed by atoms with Gasteiger partial charge < -0.3 is 18.9 Å². The zero-order valence-corrected chi connectivity index (χ0v) is 24.2. The molecule has 1 aromatic rings. The second kappa shape index (κ2) is 10.1. The zero-order chi connectivity index (χ0) is 29.0. The van der Waals surface area contributed by atoms with Crippen LogP contribution in [0.5, 0.6) is 0 Å². The zero-order valence-electron chi connectivity index (χ0n) is 24.2. The fraction of sp³-hybridized carbons (Fsp3) is 0.625. The van der Waals surface area contributed by atoms with Crippen molar-refractivity contribution in [2.75, 3.05) is 6.61 Å². The molecule has 0 N–H and O–H groups in total. The first-order valence-electron chi connectivity index (χ1n) is 14.3. The molecule has 2 saturated carbocycles. The SMILES string of the molecule is CC(=O)O[C@H]1[C@H]2[C@@H](OC(=O)Cc3ccccc3)[C@@H](C)C[C@]2(OC(C)=O)C(=O)/C(C)=C/[C@@H]2[C@H](CC[C@]13CO3)C2(C)C. The Labute approximate surface area is 235 Å². The van der Waals surface area contributed by atoms with E-state index in [4.69, 9.17) is 18.9 Å². The highest BCUT2D eigenvalue weighted by molar-refractivity contribution is 6.03. The molecule has 1 aliphatic heterocycles. The van der Waals surface area contributed by atoms with Crippen LogP contribution in [0.4, 0.5) is 0 Å². The second-order valence-electron chi connectivity index (χ2n) is 12.9. The van der Waals surface area contributed by atoms with E-state index in [0.717, 1.165) is 12.0 Å². The highest BCUT2D eigenvalue weighted by atomic mass is 16.6. The molecule has 8 nitrogen and oxygen atoms in total. The number of carbonyl (C=O) groups is 4. The molecule has 0 radical (unpaired) electrons. The summed E-state index contributed by atoms with van der Waals surface area (Å²) in [5.41, 5.74) is -1.22. The number of ketones is 1. The van der Waals surface area contributed by atoms with Crippen molar-refractivity contribution in [1.29, 1.82) is 0 Å². The van der Waals surface area contributed by atoms with Crippen molar-refractivity contribution in [2.24, 2.45) is 29.1 Å². The van der Waals surface area contributed by atoms with Crippen LogP contribution < -0.4 is 0 Å². The van der Waals surface area contributed by atoms with Gasteiger partial charge in [0.25, 0.3) is 0 Å². The Bertz CT molecular complexity index is 1230. The molecule has 3 fully saturated rings. The molecule has 5 rings (SSSR count). The van der Waals surface area contributed by atoms with E-state index in [1.807, 2.05) is 43.3 Å². The lowest BCUT2D eigenvalue weighted by Crippen LogP contribution is -2.58. The van der Waals surface area contributed by atoms with Gasteiger partial charge in [-0.3, -0.25) is 19.2 Å². The minimum Gasteiger partial charge on any atom is -0.461 e. The van der Waals surface area contributed by atoms with E-state index in [1.54, 1.807) is 6.92 Å². The monoisotopic (exact) mass is 552 g/mol. The Hall–Kier alpha value is -3.00. The van der Waals surface area contributed by atoms with E-state index in [9.17, 15) is 19.2 Å². The normalized spacial score (nSPS) is 39.0. The summed E-state index contributed by atoms with van der Waals surface area (Å²) in [6, 6.07) is 9.25. The maximum atomic E-state index is 14.5. The summed E-state index contributed by atoms with van der Waals surface area (Å²) in [6.07, 6.45) is 1.85. The molecule has 0 unspecified atom stereocenters. The average molecular weight is 553 g/mol. The molecule has 8 atom stereocenters.